The fourth-order valence-electron chi connectivity index (χ4n) is 0.710. The second-order valence-electron chi connectivity index (χ2n) is 2.17. The number of anilines is 2. The van der Waals surface area contributed by atoms with Gasteiger partial charge in [-0.1, -0.05) is 12.2 Å². The van der Waals surface area contributed by atoms with Gasteiger partial charge < -0.3 is 16.4 Å². The lowest BCUT2D eigenvalue weighted by atomic mass is 10.6. The number of nitrogens with one attached hydrogen (secondary N) is 2. The first-order valence-electron chi connectivity index (χ1n) is 3.58. The average Bonchev–Trinajstić information content (AvgIpc) is 2.16. The van der Waals surface area contributed by atoms with Gasteiger partial charge in [0.1, 0.15) is 4.99 Å². The highest BCUT2D eigenvalue weighted by atomic mass is 32.1. The van der Waals surface area contributed by atoms with Crippen molar-refractivity contribution in [2.24, 2.45) is 5.73 Å². The molecule has 0 fully saturated rings. The molecule has 0 aliphatic heterocycles. The second-order valence-corrected chi connectivity index (χ2v) is 2.61. The van der Waals surface area contributed by atoms with E-state index in [1.165, 1.54) is 0 Å². The van der Waals surface area contributed by atoms with E-state index < -0.39 is 0 Å². The van der Waals surface area contributed by atoms with Gasteiger partial charge in [-0.25, -0.2) is 0 Å². The molecule has 1 aromatic rings. The summed E-state index contributed by atoms with van der Waals surface area (Å²) in [5.41, 5.74) is 5.38. The summed E-state index contributed by atoms with van der Waals surface area (Å²) in [4.78, 5) is 12.1. The molecule has 0 aliphatic rings. The molecule has 0 aliphatic carbocycles. The molecular formula is C6H10N6S. The Balaban J connectivity index is 3.14. The van der Waals surface area contributed by atoms with E-state index in [0.29, 0.717) is 17.7 Å². The van der Waals surface area contributed by atoms with Gasteiger partial charge in [0.25, 0.3) is 0 Å². The minimum Gasteiger partial charge on any atom is -0.387 e. The van der Waals surface area contributed by atoms with E-state index in [1.807, 2.05) is 0 Å². The summed E-state index contributed by atoms with van der Waals surface area (Å²) < 4.78 is 0. The van der Waals surface area contributed by atoms with Crippen molar-refractivity contribution >= 4 is 29.1 Å². The Morgan fingerprint density at radius 2 is 1.62 bits per heavy atom. The summed E-state index contributed by atoms with van der Waals surface area (Å²) >= 11 is 4.75. The standard InChI is InChI=1S/C6H10N6S/c1-8-5-10-4(3(7)13)11-6(9-2)12-5/h1-2H3,(H2,7,13)(H2,8,9,10,11,12). The summed E-state index contributed by atoms with van der Waals surface area (Å²) in [6, 6.07) is 0. The van der Waals surface area contributed by atoms with Crippen LogP contribution in [0.15, 0.2) is 0 Å². The van der Waals surface area contributed by atoms with Crippen molar-refractivity contribution in [1.82, 2.24) is 15.0 Å². The molecule has 13 heavy (non-hydrogen) atoms. The summed E-state index contributed by atoms with van der Waals surface area (Å²) in [6.45, 7) is 0. The first kappa shape index (κ1) is 9.59. The van der Waals surface area contributed by atoms with Crippen LogP contribution in [0.3, 0.4) is 0 Å². The highest BCUT2D eigenvalue weighted by Gasteiger charge is 2.05. The number of hydrogen-bond donors (Lipinski definition) is 3. The van der Waals surface area contributed by atoms with E-state index >= 15 is 0 Å². The predicted octanol–water partition coefficient (Wildman–Crippen LogP) is -0.411. The maximum absolute atomic E-state index is 5.38. The van der Waals surface area contributed by atoms with Gasteiger partial charge in [0.15, 0.2) is 5.82 Å². The van der Waals surface area contributed by atoms with Crippen LogP contribution < -0.4 is 16.4 Å². The van der Waals surface area contributed by atoms with E-state index in [4.69, 9.17) is 18.0 Å². The topological polar surface area (TPSA) is 88.8 Å². The maximum Gasteiger partial charge on any atom is 0.227 e. The molecule has 1 aromatic heterocycles. The van der Waals surface area contributed by atoms with Crippen LogP contribution in [0.25, 0.3) is 0 Å². The molecule has 70 valence electrons. The number of nitrogens with zero attached hydrogens (tertiary/aromatic N) is 3. The van der Waals surface area contributed by atoms with Crippen LogP contribution in [-0.2, 0) is 0 Å². The van der Waals surface area contributed by atoms with Crippen molar-refractivity contribution < 1.29 is 0 Å². The van der Waals surface area contributed by atoms with Gasteiger partial charge in [-0.15, -0.1) is 0 Å². The summed E-state index contributed by atoms with van der Waals surface area (Å²) in [5, 5.41) is 5.56. The normalized spacial score (nSPS) is 9.38. The van der Waals surface area contributed by atoms with Crippen LogP contribution in [0.4, 0.5) is 11.9 Å². The monoisotopic (exact) mass is 198 g/mol. The second kappa shape index (κ2) is 3.94. The van der Waals surface area contributed by atoms with Crippen LogP contribution in [0, 0.1) is 0 Å². The fraction of sp³-hybridized carbons (Fsp3) is 0.333. The molecule has 6 nitrogen and oxygen atoms in total. The molecule has 0 bridgehead atoms. The highest BCUT2D eigenvalue weighted by Crippen LogP contribution is 2.03. The minimum absolute atomic E-state index is 0.149. The summed E-state index contributed by atoms with van der Waals surface area (Å²) in [5.74, 6) is 1.17. The van der Waals surface area contributed by atoms with Gasteiger partial charge in [-0.2, -0.15) is 15.0 Å². The van der Waals surface area contributed by atoms with Gasteiger partial charge in [-0.3, -0.25) is 0 Å². The smallest absolute Gasteiger partial charge is 0.227 e. The van der Waals surface area contributed by atoms with Crippen LogP contribution >= 0.6 is 12.2 Å². The molecular weight excluding hydrogens is 188 g/mol. The van der Waals surface area contributed by atoms with Gasteiger partial charge in [0.05, 0.1) is 0 Å². The third-order valence-corrected chi connectivity index (χ3v) is 1.49. The molecule has 4 N–H and O–H groups in total. The maximum atomic E-state index is 5.38. The molecule has 0 atom stereocenters. The molecule has 0 saturated carbocycles. The SMILES string of the molecule is CNc1nc(NC)nc(C(N)=S)n1. The Kier molecular flexibility index (Phi) is 2.91. The van der Waals surface area contributed by atoms with Gasteiger partial charge in [0, 0.05) is 14.1 Å². The zero-order valence-electron chi connectivity index (χ0n) is 7.33. The Bertz CT molecular complexity index is 303. The number of aromatic nitrogens is 3. The molecule has 0 aromatic carbocycles. The van der Waals surface area contributed by atoms with Crippen molar-refractivity contribution in [3.63, 3.8) is 0 Å². The lowest BCUT2D eigenvalue weighted by molar-refractivity contribution is 1.03. The Hall–Kier alpha value is -1.50. The van der Waals surface area contributed by atoms with Crippen molar-refractivity contribution in [1.29, 1.82) is 0 Å². The molecule has 0 unspecified atom stereocenters. The lowest BCUT2D eigenvalue weighted by Crippen LogP contribution is -2.17. The van der Waals surface area contributed by atoms with Crippen molar-refractivity contribution in [3.05, 3.63) is 5.82 Å². The van der Waals surface area contributed by atoms with Crippen molar-refractivity contribution in [3.8, 4) is 0 Å². The van der Waals surface area contributed by atoms with Crippen LogP contribution in [0.2, 0.25) is 0 Å². The minimum atomic E-state index is 0.149. The highest BCUT2D eigenvalue weighted by molar-refractivity contribution is 7.80. The first-order valence-corrected chi connectivity index (χ1v) is 3.99. The lowest BCUT2D eigenvalue weighted by Gasteiger charge is -2.04. The van der Waals surface area contributed by atoms with E-state index in [9.17, 15) is 0 Å². The first-order chi connectivity index (χ1) is 6.17. The third kappa shape index (κ3) is 2.22. The third-order valence-electron chi connectivity index (χ3n) is 1.30. The average molecular weight is 198 g/mol. The van der Waals surface area contributed by atoms with Crippen molar-refractivity contribution in [2.45, 2.75) is 0 Å². The van der Waals surface area contributed by atoms with Crippen LogP contribution in [-0.4, -0.2) is 34.0 Å². The van der Waals surface area contributed by atoms with E-state index in [-0.39, 0.29) is 4.99 Å². The summed E-state index contributed by atoms with van der Waals surface area (Å²) in [6.07, 6.45) is 0. The Morgan fingerprint density at radius 1 is 1.15 bits per heavy atom. The number of nitrogens with two attached hydrogens (primary N) is 1. The molecule has 0 saturated heterocycles. The molecule has 0 spiro atoms. The number of hydrogen-bond acceptors (Lipinski definition) is 6. The molecule has 0 radical (unpaired) electrons. The Morgan fingerprint density at radius 3 is 1.92 bits per heavy atom. The largest absolute Gasteiger partial charge is 0.387 e. The fourth-order valence-corrected chi connectivity index (χ4v) is 0.801. The zero-order valence-corrected chi connectivity index (χ0v) is 8.14. The van der Waals surface area contributed by atoms with E-state index in [2.05, 4.69) is 25.6 Å². The van der Waals surface area contributed by atoms with Crippen molar-refractivity contribution in [2.75, 3.05) is 24.7 Å². The quantitative estimate of drug-likeness (QED) is 0.569. The molecule has 1 rings (SSSR count). The zero-order chi connectivity index (χ0) is 9.84. The number of rotatable bonds is 3. The van der Waals surface area contributed by atoms with Gasteiger partial charge >= 0.3 is 0 Å². The van der Waals surface area contributed by atoms with Gasteiger partial charge in [-0.05, 0) is 0 Å². The summed E-state index contributed by atoms with van der Waals surface area (Å²) in [7, 11) is 3.41. The number of thiocarbonyl (C=S) groups is 1. The molecule has 0 amide bonds. The molecule has 1 heterocycles. The molecule has 7 heteroatoms. The van der Waals surface area contributed by atoms with Crippen LogP contribution in [0.5, 0.6) is 0 Å². The van der Waals surface area contributed by atoms with Crippen LogP contribution in [0.1, 0.15) is 5.82 Å². The van der Waals surface area contributed by atoms with Gasteiger partial charge in [0.2, 0.25) is 11.9 Å². The Labute approximate surface area is 81.0 Å². The van der Waals surface area contributed by atoms with E-state index in [1.54, 1.807) is 14.1 Å². The predicted molar refractivity (Wildman–Crippen MR) is 54.8 cm³/mol. The van der Waals surface area contributed by atoms with E-state index in [0.717, 1.165) is 0 Å².